The summed E-state index contributed by atoms with van der Waals surface area (Å²) >= 11 is 0. The zero-order chi connectivity index (χ0) is 35.5. The third kappa shape index (κ3) is 8.34. The standard InChI is InChI=1S/C35H44O12/c1-19-15-16-33(7,8)30(44-22(4)37)28(43-21(3)36)31(45-23(5)38)34(9,47-24(6)39)18-26-27(20(2)17-35(26,42)29(19)40)46-32(41)25-13-11-10-12-14-25/h10-16,18-20,27-28,30-31,42H,17H2,1-9H3/b16-15+,26-18-/t19-,20+,27-,28+,30+,31+,34-,35+/m0/s1. The first-order valence-corrected chi connectivity index (χ1v) is 15.4. The van der Waals surface area contributed by atoms with Crippen LogP contribution in [-0.4, -0.2) is 76.4 Å². The molecule has 0 aliphatic heterocycles. The molecular weight excluding hydrogens is 612 g/mol. The van der Waals surface area contributed by atoms with Crippen LogP contribution in [0.2, 0.25) is 0 Å². The average Bonchev–Trinajstić information content (AvgIpc) is 3.19. The summed E-state index contributed by atoms with van der Waals surface area (Å²) in [7, 11) is 0. The topological polar surface area (TPSA) is 169 Å². The summed E-state index contributed by atoms with van der Waals surface area (Å²) in [5, 5.41) is 12.3. The van der Waals surface area contributed by atoms with Crippen molar-refractivity contribution in [3.63, 3.8) is 0 Å². The van der Waals surface area contributed by atoms with Crippen LogP contribution in [0.4, 0.5) is 0 Å². The van der Waals surface area contributed by atoms with Crippen molar-refractivity contribution in [2.45, 2.75) is 104 Å². The van der Waals surface area contributed by atoms with Gasteiger partial charge in [-0.3, -0.25) is 24.0 Å². The van der Waals surface area contributed by atoms with Gasteiger partial charge in [0.1, 0.15) is 11.7 Å². The molecule has 8 atom stereocenters. The van der Waals surface area contributed by atoms with Crippen molar-refractivity contribution < 1.29 is 57.6 Å². The van der Waals surface area contributed by atoms with Crippen molar-refractivity contribution in [2.75, 3.05) is 0 Å². The molecule has 1 aromatic rings. The highest BCUT2D eigenvalue weighted by Crippen LogP contribution is 2.47. The normalized spacial score (nSPS) is 33.7. The molecule has 0 bridgehead atoms. The van der Waals surface area contributed by atoms with E-state index in [-0.39, 0.29) is 17.6 Å². The monoisotopic (exact) mass is 656 g/mol. The Bertz CT molecular complexity index is 1460. The SMILES string of the molecule is CC(=O)O[C@@H]1[C@@H](OC(C)=O)C(C)(C)/C=C/[C@H](C)C(=O)[C@@]2(O)C[C@@H](C)[C@H](OC(=O)c3ccccc3)/C2=C/[C@](C)(OC(C)=O)[C@@H]1OC(C)=O. The molecule has 1 fully saturated rings. The number of esters is 5. The van der Waals surface area contributed by atoms with Gasteiger partial charge in [0.25, 0.3) is 0 Å². The first-order chi connectivity index (χ1) is 21.7. The van der Waals surface area contributed by atoms with Crippen molar-refractivity contribution in [2.24, 2.45) is 17.3 Å². The highest BCUT2D eigenvalue weighted by molar-refractivity contribution is 5.95. The molecule has 12 heteroatoms. The van der Waals surface area contributed by atoms with Gasteiger partial charge in [0.05, 0.1) is 5.56 Å². The largest absolute Gasteiger partial charge is 0.458 e. The third-order valence-corrected chi connectivity index (χ3v) is 8.39. The number of hydrogen-bond acceptors (Lipinski definition) is 12. The summed E-state index contributed by atoms with van der Waals surface area (Å²) in [6, 6.07) is 8.11. The van der Waals surface area contributed by atoms with Crippen LogP contribution in [0.25, 0.3) is 0 Å². The maximum atomic E-state index is 14.2. The molecule has 0 unspecified atom stereocenters. The molecule has 1 saturated carbocycles. The highest BCUT2D eigenvalue weighted by atomic mass is 16.6. The third-order valence-electron chi connectivity index (χ3n) is 8.39. The number of carbonyl (C=O) groups excluding carboxylic acids is 6. The van der Waals surface area contributed by atoms with Crippen molar-refractivity contribution in [3.05, 3.63) is 59.7 Å². The van der Waals surface area contributed by atoms with Crippen LogP contribution in [-0.2, 0) is 47.7 Å². The van der Waals surface area contributed by atoms with Crippen LogP contribution in [0.15, 0.2) is 54.1 Å². The fourth-order valence-corrected chi connectivity index (χ4v) is 6.34. The Morgan fingerprint density at radius 2 is 1.34 bits per heavy atom. The lowest BCUT2D eigenvalue weighted by atomic mass is 9.74. The molecule has 0 saturated heterocycles. The number of rotatable bonds is 6. The Hall–Kier alpha value is -4.32. The molecule has 1 aromatic carbocycles. The van der Waals surface area contributed by atoms with Crippen LogP contribution in [0.3, 0.4) is 0 Å². The highest BCUT2D eigenvalue weighted by Gasteiger charge is 2.58. The summed E-state index contributed by atoms with van der Waals surface area (Å²) in [6.45, 7) is 12.3. The van der Waals surface area contributed by atoms with Crippen LogP contribution in [0.1, 0.15) is 79.1 Å². The fourth-order valence-electron chi connectivity index (χ4n) is 6.34. The van der Waals surface area contributed by atoms with Gasteiger partial charge in [0.2, 0.25) is 0 Å². The van der Waals surface area contributed by atoms with E-state index >= 15 is 0 Å². The molecule has 12 nitrogen and oxygen atoms in total. The Kier molecular flexibility index (Phi) is 11.2. The number of ether oxygens (including phenoxy) is 5. The second-order valence-corrected chi connectivity index (χ2v) is 13.1. The first kappa shape index (κ1) is 37.1. The average molecular weight is 657 g/mol. The van der Waals surface area contributed by atoms with E-state index in [4.69, 9.17) is 23.7 Å². The molecule has 0 spiro atoms. The van der Waals surface area contributed by atoms with Crippen molar-refractivity contribution in [3.8, 4) is 0 Å². The smallest absolute Gasteiger partial charge is 0.338 e. The molecule has 2 aliphatic rings. The quantitative estimate of drug-likeness (QED) is 0.267. The Morgan fingerprint density at radius 1 is 0.787 bits per heavy atom. The number of fused-ring (bicyclic) bond motifs is 1. The summed E-state index contributed by atoms with van der Waals surface area (Å²) < 4.78 is 28.9. The molecule has 0 radical (unpaired) electrons. The van der Waals surface area contributed by atoms with Gasteiger partial charge in [-0.2, -0.15) is 0 Å². The number of aliphatic hydroxyl groups is 1. The van der Waals surface area contributed by atoms with Crippen molar-refractivity contribution in [1.29, 1.82) is 0 Å². The van der Waals surface area contributed by atoms with Crippen LogP contribution in [0.5, 0.6) is 0 Å². The molecule has 2 aliphatic carbocycles. The van der Waals surface area contributed by atoms with Gasteiger partial charge in [-0.15, -0.1) is 0 Å². The zero-order valence-corrected chi connectivity index (χ0v) is 28.2. The van der Waals surface area contributed by atoms with E-state index in [1.165, 1.54) is 19.1 Å². The van der Waals surface area contributed by atoms with Gasteiger partial charge in [-0.1, -0.05) is 58.0 Å². The van der Waals surface area contributed by atoms with Crippen LogP contribution in [0, 0.1) is 17.3 Å². The number of benzene rings is 1. The molecule has 0 amide bonds. The van der Waals surface area contributed by atoms with E-state index in [0.29, 0.717) is 0 Å². The fraction of sp³-hybridized carbons (Fsp3) is 0.543. The van der Waals surface area contributed by atoms with Gasteiger partial charge in [0.15, 0.2) is 29.7 Å². The van der Waals surface area contributed by atoms with Crippen LogP contribution < -0.4 is 0 Å². The molecule has 0 heterocycles. The minimum Gasteiger partial charge on any atom is -0.458 e. The van der Waals surface area contributed by atoms with E-state index in [1.54, 1.807) is 64.1 Å². The zero-order valence-electron chi connectivity index (χ0n) is 28.2. The minimum absolute atomic E-state index is 0.120. The van der Waals surface area contributed by atoms with Gasteiger partial charge in [-0.25, -0.2) is 4.79 Å². The number of carbonyl (C=O) groups is 6. The Labute approximate surface area is 274 Å². The van der Waals surface area contributed by atoms with E-state index in [0.717, 1.165) is 27.7 Å². The van der Waals surface area contributed by atoms with Crippen molar-refractivity contribution >= 4 is 35.6 Å². The number of ketones is 1. The number of allylic oxidation sites excluding steroid dienone is 1. The molecular formula is C35H44O12. The lowest BCUT2D eigenvalue weighted by Gasteiger charge is -2.44. The lowest BCUT2D eigenvalue weighted by Crippen LogP contribution is -2.60. The first-order valence-electron chi connectivity index (χ1n) is 15.4. The van der Waals surface area contributed by atoms with E-state index in [2.05, 4.69) is 0 Å². The minimum atomic E-state index is -2.23. The molecule has 1 N–H and O–H groups in total. The van der Waals surface area contributed by atoms with Gasteiger partial charge >= 0.3 is 29.8 Å². The summed E-state index contributed by atoms with van der Waals surface area (Å²) in [6.07, 6.45) is -1.71. The Morgan fingerprint density at radius 3 is 1.87 bits per heavy atom. The number of hydrogen-bond donors (Lipinski definition) is 1. The van der Waals surface area contributed by atoms with Crippen LogP contribution >= 0.6 is 0 Å². The Balaban J connectivity index is 2.44. The summed E-state index contributed by atoms with van der Waals surface area (Å²) in [4.78, 5) is 77.9. The second kappa shape index (κ2) is 14.2. The van der Waals surface area contributed by atoms with Crippen molar-refractivity contribution in [1.82, 2.24) is 0 Å². The van der Waals surface area contributed by atoms with E-state index in [1.807, 2.05) is 0 Å². The number of Topliss-reactive ketones (excluding diaryl/α,β-unsaturated/α-hetero) is 1. The lowest BCUT2D eigenvalue weighted by molar-refractivity contribution is -0.213. The summed E-state index contributed by atoms with van der Waals surface area (Å²) in [5.74, 6) is -6.26. The maximum Gasteiger partial charge on any atom is 0.338 e. The molecule has 0 aromatic heterocycles. The van der Waals surface area contributed by atoms with Gasteiger partial charge in [-0.05, 0) is 31.6 Å². The van der Waals surface area contributed by atoms with Gasteiger partial charge in [0, 0.05) is 50.5 Å². The second-order valence-electron chi connectivity index (χ2n) is 13.1. The summed E-state index contributed by atoms with van der Waals surface area (Å²) in [5.41, 5.74) is -5.44. The molecule has 256 valence electrons. The van der Waals surface area contributed by atoms with E-state index in [9.17, 15) is 33.9 Å². The maximum absolute atomic E-state index is 14.2. The van der Waals surface area contributed by atoms with Gasteiger partial charge < -0.3 is 28.8 Å². The molecule has 3 rings (SSSR count). The predicted octanol–water partition coefficient (Wildman–Crippen LogP) is 3.83. The van der Waals surface area contributed by atoms with E-state index < -0.39 is 88.5 Å². The molecule has 47 heavy (non-hydrogen) atoms. The predicted molar refractivity (Wildman–Crippen MR) is 166 cm³/mol.